The average molecular weight is 372 g/mol. The average Bonchev–Trinajstić information content (AvgIpc) is 3.07. The normalized spacial score (nSPS) is 13.6. The highest BCUT2D eigenvalue weighted by Gasteiger charge is 2.24. The third-order valence-electron chi connectivity index (χ3n) is 4.44. The molecule has 0 aliphatic carbocycles. The zero-order chi connectivity index (χ0) is 18.7. The fourth-order valence-corrected chi connectivity index (χ4v) is 3.66. The summed E-state index contributed by atoms with van der Waals surface area (Å²) < 4.78 is 1.93. The number of aromatic nitrogens is 2. The number of hydrogen-bond acceptors (Lipinski definition) is 4. The van der Waals surface area contributed by atoms with E-state index in [0.717, 1.165) is 16.3 Å². The van der Waals surface area contributed by atoms with Gasteiger partial charge in [-0.1, -0.05) is 26.0 Å². The molecule has 3 rings (SSSR count). The first-order valence-electron chi connectivity index (χ1n) is 8.75. The largest absolute Gasteiger partial charge is 0.346 e. The molecule has 0 spiro atoms. The lowest BCUT2D eigenvalue weighted by Crippen LogP contribution is -2.40. The minimum Gasteiger partial charge on any atom is -0.346 e. The van der Waals surface area contributed by atoms with Crippen LogP contribution in [0.15, 0.2) is 35.2 Å². The number of rotatable bonds is 5. The zero-order valence-corrected chi connectivity index (χ0v) is 16.2. The highest BCUT2D eigenvalue weighted by molar-refractivity contribution is 7.98. The van der Waals surface area contributed by atoms with E-state index in [0.29, 0.717) is 31.7 Å². The predicted octanol–water partition coefficient (Wildman–Crippen LogP) is 2.53. The number of carbonyl (C=O) groups is 2. The molecule has 0 bridgehead atoms. The van der Waals surface area contributed by atoms with E-state index < -0.39 is 0 Å². The lowest BCUT2D eigenvalue weighted by atomic mass is 10.1. The molecule has 1 aliphatic rings. The molecule has 0 unspecified atom stereocenters. The van der Waals surface area contributed by atoms with Crippen molar-refractivity contribution in [1.82, 2.24) is 20.0 Å². The van der Waals surface area contributed by atoms with Crippen molar-refractivity contribution >= 4 is 23.6 Å². The first-order valence-corrected chi connectivity index (χ1v) is 9.97. The van der Waals surface area contributed by atoms with Crippen molar-refractivity contribution in [2.75, 3.05) is 12.8 Å². The number of nitrogens with zero attached hydrogens (tertiary/aromatic N) is 3. The molecule has 1 aromatic heterocycles. The van der Waals surface area contributed by atoms with Gasteiger partial charge in [0.05, 0.1) is 36.6 Å². The van der Waals surface area contributed by atoms with E-state index in [1.165, 1.54) is 0 Å². The molecule has 26 heavy (non-hydrogen) atoms. The van der Waals surface area contributed by atoms with E-state index in [2.05, 4.69) is 10.4 Å². The smallest absolute Gasteiger partial charge is 0.252 e. The molecule has 0 saturated heterocycles. The summed E-state index contributed by atoms with van der Waals surface area (Å²) in [6.45, 7) is 6.16. The van der Waals surface area contributed by atoms with Gasteiger partial charge in [-0.15, -0.1) is 11.8 Å². The molecule has 138 valence electrons. The van der Waals surface area contributed by atoms with Gasteiger partial charge in [0, 0.05) is 17.4 Å². The molecule has 0 radical (unpaired) electrons. The van der Waals surface area contributed by atoms with E-state index in [1.54, 1.807) is 11.8 Å². The topological polar surface area (TPSA) is 67.2 Å². The van der Waals surface area contributed by atoms with Crippen LogP contribution in [-0.2, 0) is 24.4 Å². The van der Waals surface area contributed by atoms with Gasteiger partial charge < -0.3 is 10.2 Å². The second-order valence-corrected chi connectivity index (χ2v) is 7.50. The van der Waals surface area contributed by atoms with Crippen LogP contribution >= 0.6 is 11.8 Å². The first kappa shape index (κ1) is 18.5. The maximum atomic E-state index is 12.4. The molecule has 1 aromatic carbocycles. The van der Waals surface area contributed by atoms with Crippen molar-refractivity contribution < 1.29 is 9.59 Å². The Bertz CT molecular complexity index is 816. The van der Waals surface area contributed by atoms with E-state index >= 15 is 0 Å². The zero-order valence-electron chi connectivity index (χ0n) is 15.4. The van der Waals surface area contributed by atoms with Gasteiger partial charge in [-0.3, -0.25) is 14.3 Å². The molecule has 2 amide bonds. The number of benzene rings is 1. The van der Waals surface area contributed by atoms with Crippen LogP contribution in [0.4, 0.5) is 0 Å². The van der Waals surface area contributed by atoms with Crippen molar-refractivity contribution in [1.29, 1.82) is 0 Å². The molecule has 7 heteroatoms. The lowest BCUT2D eigenvalue weighted by molar-refractivity contribution is -0.136. The quantitative estimate of drug-likeness (QED) is 0.819. The molecule has 0 fully saturated rings. The van der Waals surface area contributed by atoms with Crippen LogP contribution in [0.1, 0.15) is 35.6 Å². The van der Waals surface area contributed by atoms with Crippen molar-refractivity contribution in [2.45, 2.75) is 38.4 Å². The Balaban J connectivity index is 1.64. The Morgan fingerprint density at radius 1 is 1.27 bits per heavy atom. The van der Waals surface area contributed by atoms with Crippen molar-refractivity contribution in [3.63, 3.8) is 0 Å². The predicted molar refractivity (Wildman–Crippen MR) is 102 cm³/mol. The third kappa shape index (κ3) is 3.93. The van der Waals surface area contributed by atoms with Crippen LogP contribution in [0.25, 0.3) is 0 Å². The summed E-state index contributed by atoms with van der Waals surface area (Å²) in [5, 5.41) is 7.50. The molecule has 1 N–H and O–H groups in total. The van der Waals surface area contributed by atoms with Crippen LogP contribution in [0, 0.1) is 5.92 Å². The van der Waals surface area contributed by atoms with Crippen molar-refractivity contribution in [3.8, 4) is 0 Å². The fraction of sp³-hybridized carbons (Fsp3) is 0.421. The van der Waals surface area contributed by atoms with E-state index in [9.17, 15) is 9.59 Å². The molecule has 2 heterocycles. The number of hydrogen-bond donors (Lipinski definition) is 1. The Labute approximate surface area is 157 Å². The van der Waals surface area contributed by atoms with Gasteiger partial charge in [0.1, 0.15) is 0 Å². The number of nitrogens with one attached hydrogen (secondary N) is 1. The van der Waals surface area contributed by atoms with Crippen molar-refractivity contribution in [3.05, 3.63) is 47.3 Å². The van der Waals surface area contributed by atoms with Gasteiger partial charge in [-0.25, -0.2) is 0 Å². The summed E-state index contributed by atoms with van der Waals surface area (Å²) in [5.41, 5.74) is 2.51. The fourth-order valence-electron chi connectivity index (χ4n) is 3.06. The Kier molecular flexibility index (Phi) is 5.66. The maximum Gasteiger partial charge on any atom is 0.252 e. The van der Waals surface area contributed by atoms with Gasteiger partial charge >= 0.3 is 0 Å². The number of carbonyl (C=O) groups excluding carboxylic acids is 2. The highest BCUT2D eigenvalue weighted by Crippen LogP contribution is 2.20. The minimum absolute atomic E-state index is 0.000247. The molecule has 0 atom stereocenters. The monoisotopic (exact) mass is 372 g/mol. The molecule has 1 aliphatic heterocycles. The summed E-state index contributed by atoms with van der Waals surface area (Å²) in [7, 11) is 0. The molecule has 0 saturated carbocycles. The standard InChI is InChI=1S/C19H24N4O2S/c1-13(2)19(25)22-8-9-23-15(12-22)10-14(21-23)11-20-18(24)16-6-4-5-7-17(16)26-3/h4-7,10,13H,8-9,11-12H2,1-3H3,(H,20,24). The second kappa shape index (κ2) is 7.95. The Hall–Kier alpha value is -2.28. The minimum atomic E-state index is -0.0995. The van der Waals surface area contributed by atoms with Crippen LogP contribution in [0.2, 0.25) is 0 Å². The molecular formula is C19H24N4O2S. The summed E-state index contributed by atoms with van der Waals surface area (Å²) in [5.74, 6) is 0.0678. The molecular weight excluding hydrogens is 348 g/mol. The van der Waals surface area contributed by atoms with Gasteiger partial charge in [0.2, 0.25) is 5.91 Å². The number of thioether (sulfide) groups is 1. The van der Waals surface area contributed by atoms with Crippen LogP contribution < -0.4 is 5.32 Å². The van der Waals surface area contributed by atoms with Gasteiger partial charge in [0.25, 0.3) is 5.91 Å². The summed E-state index contributed by atoms with van der Waals surface area (Å²) in [6, 6.07) is 9.53. The van der Waals surface area contributed by atoms with Gasteiger partial charge in [0.15, 0.2) is 0 Å². The number of amides is 2. The molecule has 2 aromatic rings. The Morgan fingerprint density at radius 3 is 2.77 bits per heavy atom. The van der Waals surface area contributed by atoms with E-state index in [-0.39, 0.29) is 17.7 Å². The van der Waals surface area contributed by atoms with E-state index in [4.69, 9.17) is 0 Å². The summed E-state index contributed by atoms with van der Waals surface area (Å²) in [4.78, 5) is 27.5. The molecule has 6 nitrogen and oxygen atoms in total. The maximum absolute atomic E-state index is 12.4. The Morgan fingerprint density at radius 2 is 2.04 bits per heavy atom. The SMILES string of the molecule is CSc1ccccc1C(=O)NCc1cc2n(n1)CCN(C(=O)C(C)C)C2. The number of fused-ring (bicyclic) bond motifs is 1. The second-order valence-electron chi connectivity index (χ2n) is 6.65. The summed E-state index contributed by atoms with van der Waals surface area (Å²) in [6.07, 6.45) is 1.96. The van der Waals surface area contributed by atoms with Gasteiger partial charge in [-0.05, 0) is 24.5 Å². The van der Waals surface area contributed by atoms with Crippen LogP contribution in [-0.4, -0.2) is 39.3 Å². The first-order chi connectivity index (χ1) is 12.5. The third-order valence-corrected chi connectivity index (χ3v) is 5.23. The van der Waals surface area contributed by atoms with Crippen LogP contribution in [0.5, 0.6) is 0 Å². The van der Waals surface area contributed by atoms with E-state index in [1.807, 2.05) is 60.0 Å². The van der Waals surface area contributed by atoms with Crippen LogP contribution in [0.3, 0.4) is 0 Å². The van der Waals surface area contributed by atoms with Gasteiger partial charge in [-0.2, -0.15) is 5.10 Å². The van der Waals surface area contributed by atoms with Crippen molar-refractivity contribution in [2.24, 2.45) is 5.92 Å². The summed E-state index contributed by atoms with van der Waals surface area (Å²) >= 11 is 1.55. The highest BCUT2D eigenvalue weighted by atomic mass is 32.2. The lowest BCUT2D eigenvalue weighted by Gasteiger charge is -2.29.